The second-order valence-corrected chi connectivity index (χ2v) is 5.12. The van der Waals surface area contributed by atoms with Gasteiger partial charge in [-0.3, -0.25) is 13.9 Å². The zero-order valence-electron chi connectivity index (χ0n) is 12.0. The molecule has 8 nitrogen and oxygen atoms in total. The Morgan fingerprint density at radius 1 is 1.25 bits per heavy atom. The third kappa shape index (κ3) is 3.20. The molecule has 1 rings (SSSR count). The van der Waals surface area contributed by atoms with Crippen molar-refractivity contribution in [2.75, 3.05) is 24.3 Å². The van der Waals surface area contributed by atoms with Crippen molar-refractivity contribution in [3.63, 3.8) is 0 Å². The van der Waals surface area contributed by atoms with E-state index in [1.165, 1.54) is 11.6 Å². The minimum atomic E-state index is -0.713. The van der Waals surface area contributed by atoms with Crippen LogP contribution in [0.5, 0.6) is 0 Å². The number of nitrogens with zero attached hydrogens (tertiary/aromatic N) is 2. The first-order chi connectivity index (χ1) is 9.33. The molecule has 114 valence electrons. The van der Waals surface area contributed by atoms with Crippen molar-refractivity contribution in [1.82, 2.24) is 9.13 Å². The number of nitrogen functional groups attached to an aromatic ring is 1. The Morgan fingerprint density at radius 2 is 1.80 bits per heavy atom. The molecule has 20 heavy (non-hydrogen) atoms. The monoisotopic (exact) mass is 286 g/mol. The number of hydrogen-bond acceptors (Lipinski definition) is 6. The molecule has 0 aliphatic carbocycles. The highest BCUT2D eigenvalue weighted by Crippen LogP contribution is 2.13. The summed E-state index contributed by atoms with van der Waals surface area (Å²) in [6, 6.07) is -0.713. The van der Waals surface area contributed by atoms with Gasteiger partial charge in [-0.15, -0.1) is 0 Å². The van der Waals surface area contributed by atoms with Crippen LogP contribution in [0.3, 0.4) is 0 Å². The number of aliphatic hydroxyl groups is 2. The molecule has 5 N–H and O–H groups in total. The fourth-order valence-electron chi connectivity index (χ4n) is 1.81. The van der Waals surface area contributed by atoms with Crippen LogP contribution in [-0.4, -0.2) is 38.6 Å². The first-order valence-electron chi connectivity index (χ1n) is 6.41. The Bertz CT molecular complexity index is 572. The molecule has 0 aromatic carbocycles. The second-order valence-electron chi connectivity index (χ2n) is 5.12. The van der Waals surface area contributed by atoms with Crippen LogP contribution in [0.2, 0.25) is 0 Å². The van der Waals surface area contributed by atoms with Crippen molar-refractivity contribution in [2.45, 2.75) is 26.4 Å². The zero-order chi connectivity index (χ0) is 15.4. The lowest BCUT2D eigenvalue weighted by Gasteiger charge is -2.20. The Morgan fingerprint density at radius 3 is 2.25 bits per heavy atom. The van der Waals surface area contributed by atoms with E-state index in [1.807, 2.05) is 13.8 Å². The summed E-state index contributed by atoms with van der Waals surface area (Å²) >= 11 is 0. The smallest absolute Gasteiger partial charge is 0.332 e. The molecule has 0 spiro atoms. The molecule has 0 bridgehead atoms. The topological polar surface area (TPSA) is 123 Å². The number of aliphatic hydroxyl groups excluding tert-OH is 2. The second kappa shape index (κ2) is 6.58. The van der Waals surface area contributed by atoms with Crippen molar-refractivity contribution in [3.05, 3.63) is 20.8 Å². The van der Waals surface area contributed by atoms with E-state index in [-0.39, 0.29) is 30.6 Å². The van der Waals surface area contributed by atoms with E-state index in [0.717, 1.165) is 4.57 Å². The number of nitrogens with two attached hydrogens (primary N) is 1. The lowest BCUT2D eigenvalue weighted by molar-refractivity contribution is 0.204. The van der Waals surface area contributed by atoms with Gasteiger partial charge in [0.2, 0.25) is 0 Å². The van der Waals surface area contributed by atoms with Gasteiger partial charge in [0.1, 0.15) is 11.5 Å². The summed E-state index contributed by atoms with van der Waals surface area (Å²) in [5, 5.41) is 20.8. The maximum atomic E-state index is 12.1. The van der Waals surface area contributed by atoms with Gasteiger partial charge in [-0.1, -0.05) is 13.8 Å². The highest BCUT2D eigenvalue weighted by atomic mass is 16.3. The SMILES string of the molecule is CC(C)Cn1c(N)c(NC(CO)CO)c(=O)n(C)c1=O. The van der Waals surface area contributed by atoms with Gasteiger partial charge in [-0.25, -0.2) is 4.79 Å². The molecule has 0 unspecified atom stereocenters. The van der Waals surface area contributed by atoms with Crippen LogP contribution in [0.1, 0.15) is 13.8 Å². The molecule has 1 aromatic rings. The third-order valence-corrected chi connectivity index (χ3v) is 2.92. The van der Waals surface area contributed by atoms with Crippen molar-refractivity contribution < 1.29 is 10.2 Å². The van der Waals surface area contributed by atoms with Crippen molar-refractivity contribution in [2.24, 2.45) is 13.0 Å². The molecule has 0 saturated carbocycles. The molecule has 0 amide bonds. The molecular weight excluding hydrogens is 264 g/mol. The average molecular weight is 286 g/mol. The van der Waals surface area contributed by atoms with Gasteiger partial charge in [0.25, 0.3) is 5.56 Å². The van der Waals surface area contributed by atoms with Gasteiger partial charge in [0.05, 0.1) is 19.3 Å². The van der Waals surface area contributed by atoms with Gasteiger partial charge >= 0.3 is 5.69 Å². The van der Waals surface area contributed by atoms with Crippen LogP contribution >= 0.6 is 0 Å². The lowest BCUT2D eigenvalue weighted by atomic mass is 10.2. The molecule has 0 radical (unpaired) electrons. The lowest BCUT2D eigenvalue weighted by Crippen LogP contribution is -2.43. The number of anilines is 2. The summed E-state index contributed by atoms with van der Waals surface area (Å²) in [6.07, 6.45) is 0. The number of hydrogen-bond donors (Lipinski definition) is 4. The molecule has 0 atom stereocenters. The average Bonchev–Trinajstić information content (AvgIpc) is 2.41. The predicted octanol–water partition coefficient (Wildman–Crippen LogP) is -1.45. The molecule has 0 fully saturated rings. The van der Waals surface area contributed by atoms with Crippen LogP contribution in [0.15, 0.2) is 9.59 Å². The van der Waals surface area contributed by atoms with Gasteiger partial charge in [0.15, 0.2) is 0 Å². The van der Waals surface area contributed by atoms with E-state index in [2.05, 4.69) is 5.32 Å². The summed E-state index contributed by atoms with van der Waals surface area (Å²) in [5.41, 5.74) is 4.82. The largest absolute Gasteiger partial charge is 0.394 e. The third-order valence-electron chi connectivity index (χ3n) is 2.92. The molecule has 0 aliphatic heterocycles. The van der Waals surface area contributed by atoms with Crippen LogP contribution in [-0.2, 0) is 13.6 Å². The molecule has 0 saturated heterocycles. The standard InChI is InChI=1S/C12H22N4O4/c1-7(2)4-16-10(13)9(14-8(5-17)6-18)11(19)15(3)12(16)20/h7-8,14,17-18H,4-6,13H2,1-3H3. The first-order valence-corrected chi connectivity index (χ1v) is 6.41. The summed E-state index contributed by atoms with van der Waals surface area (Å²) in [7, 11) is 1.36. The van der Waals surface area contributed by atoms with Crippen molar-refractivity contribution >= 4 is 11.5 Å². The molecule has 8 heteroatoms. The number of aromatic nitrogens is 2. The maximum absolute atomic E-state index is 12.1. The van der Waals surface area contributed by atoms with Crippen LogP contribution in [0.25, 0.3) is 0 Å². The Labute approximate surface area is 116 Å². The van der Waals surface area contributed by atoms with E-state index in [1.54, 1.807) is 0 Å². The molecule has 1 aromatic heterocycles. The van der Waals surface area contributed by atoms with Crippen LogP contribution < -0.4 is 22.3 Å². The highest BCUT2D eigenvalue weighted by Gasteiger charge is 2.18. The Balaban J connectivity index is 3.41. The fourth-order valence-corrected chi connectivity index (χ4v) is 1.81. The van der Waals surface area contributed by atoms with E-state index in [4.69, 9.17) is 15.9 Å². The van der Waals surface area contributed by atoms with Gasteiger partial charge in [-0.2, -0.15) is 0 Å². The van der Waals surface area contributed by atoms with E-state index < -0.39 is 17.3 Å². The van der Waals surface area contributed by atoms with Gasteiger partial charge < -0.3 is 21.3 Å². The summed E-state index contributed by atoms with van der Waals surface area (Å²) in [5.74, 6) is 0.186. The number of rotatable bonds is 6. The minimum absolute atomic E-state index is 0.0127. The zero-order valence-corrected chi connectivity index (χ0v) is 12.0. The van der Waals surface area contributed by atoms with E-state index >= 15 is 0 Å². The predicted molar refractivity (Wildman–Crippen MR) is 76.8 cm³/mol. The molecular formula is C12H22N4O4. The fraction of sp³-hybridized carbons (Fsp3) is 0.667. The molecule has 1 heterocycles. The quantitative estimate of drug-likeness (QED) is 0.507. The molecule has 0 aliphatic rings. The van der Waals surface area contributed by atoms with Gasteiger partial charge in [-0.05, 0) is 5.92 Å². The van der Waals surface area contributed by atoms with Crippen molar-refractivity contribution in [3.8, 4) is 0 Å². The minimum Gasteiger partial charge on any atom is -0.394 e. The first kappa shape index (κ1) is 16.3. The maximum Gasteiger partial charge on any atom is 0.332 e. The van der Waals surface area contributed by atoms with E-state index in [9.17, 15) is 9.59 Å². The Hall–Kier alpha value is -1.80. The van der Waals surface area contributed by atoms with Crippen LogP contribution in [0, 0.1) is 5.92 Å². The van der Waals surface area contributed by atoms with Crippen LogP contribution in [0.4, 0.5) is 11.5 Å². The highest BCUT2D eigenvalue weighted by molar-refractivity contribution is 5.61. The van der Waals surface area contributed by atoms with E-state index in [0.29, 0.717) is 6.54 Å². The summed E-state index contributed by atoms with van der Waals surface area (Å²) < 4.78 is 2.26. The Kier molecular flexibility index (Phi) is 5.34. The number of nitrogens with one attached hydrogen (secondary N) is 1. The summed E-state index contributed by atoms with van der Waals surface area (Å²) in [4.78, 5) is 24.1. The van der Waals surface area contributed by atoms with Gasteiger partial charge in [0, 0.05) is 13.6 Å². The van der Waals surface area contributed by atoms with Crippen molar-refractivity contribution in [1.29, 1.82) is 0 Å². The normalized spacial score (nSPS) is 11.3. The summed E-state index contributed by atoms with van der Waals surface area (Å²) in [6.45, 7) is 3.50.